The van der Waals surface area contributed by atoms with Gasteiger partial charge in [0.05, 0.1) is 12.6 Å². The third-order valence-electron chi connectivity index (χ3n) is 5.91. The normalized spacial score (nSPS) is 14.2. The van der Waals surface area contributed by atoms with Crippen molar-refractivity contribution < 1.29 is 14.3 Å². The van der Waals surface area contributed by atoms with Gasteiger partial charge in [0.15, 0.2) is 6.61 Å². The predicted octanol–water partition coefficient (Wildman–Crippen LogP) is 4.06. The smallest absolute Gasteiger partial charge is 0.260 e. The van der Waals surface area contributed by atoms with Gasteiger partial charge in [-0.15, -0.1) is 0 Å². The first-order valence-corrected chi connectivity index (χ1v) is 10.5. The Balaban J connectivity index is 1.18. The number of H-pyrrole nitrogens is 1. The molecule has 1 N–H and O–H groups in total. The number of carbonyl (C=O) groups excluding carboxylic acids is 1. The van der Waals surface area contributed by atoms with E-state index in [0.29, 0.717) is 18.8 Å². The molecule has 1 saturated heterocycles. The van der Waals surface area contributed by atoms with Crippen molar-refractivity contribution in [2.45, 2.75) is 0 Å². The lowest BCUT2D eigenvalue weighted by atomic mass is 10.1. The monoisotopic (exact) mass is 415 g/mol. The lowest BCUT2D eigenvalue weighted by Crippen LogP contribution is -2.50. The van der Waals surface area contributed by atoms with Gasteiger partial charge in [-0.2, -0.15) is 0 Å². The number of hydrogen-bond acceptors (Lipinski definition) is 4. The van der Waals surface area contributed by atoms with E-state index in [1.54, 1.807) is 7.11 Å². The standard InChI is InChI=1S/C25H25N3O3/c1-30-19-8-6-18(7-9-19)27-12-14-28(15-13-27)25(29)17-31-20-10-11-22-21-4-2-3-5-23(21)26-24(22)16-20/h2-11,16,26H,12-15,17H2,1H3. The molecule has 158 valence electrons. The van der Waals surface area contributed by atoms with Gasteiger partial charge < -0.3 is 24.3 Å². The van der Waals surface area contributed by atoms with Gasteiger partial charge in [-0.25, -0.2) is 0 Å². The molecule has 0 radical (unpaired) electrons. The van der Waals surface area contributed by atoms with E-state index in [2.05, 4.69) is 34.1 Å². The van der Waals surface area contributed by atoms with Crippen molar-refractivity contribution in [3.8, 4) is 11.5 Å². The maximum absolute atomic E-state index is 12.7. The molecule has 3 aromatic carbocycles. The topological polar surface area (TPSA) is 57.8 Å². The maximum atomic E-state index is 12.7. The number of hydrogen-bond donors (Lipinski definition) is 1. The SMILES string of the molecule is COc1ccc(N2CCN(C(=O)COc3ccc4c(c3)[nH]c3ccccc34)CC2)cc1. The second kappa shape index (κ2) is 8.22. The summed E-state index contributed by atoms with van der Waals surface area (Å²) in [5.74, 6) is 1.57. The molecule has 5 rings (SSSR count). The van der Waals surface area contributed by atoms with Gasteiger partial charge in [0.25, 0.3) is 5.91 Å². The molecule has 0 aliphatic carbocycles. The van der Waals surface area contributed by atoms with Crippen molar-refractivity contribution in [1.82, 2.24) is 9.88 Å². The highest BCUT2D eigenvalue weighted by Gasteiger charge is 2.21. The van der Waals surface area contributed by atoms with E-state index in [1.807, 2.05) is 47.4 Å². The summed E-state index contributed by atoms with van der Waals surface area (Å²) in [6, 6.07) is 22.2. The van der Waals surface area contributed by atoms with Crippen LogP contribution in [0.1, 0.15) is 0 Å². The van der Waals surface area contributed by atoms with E-state index in [-0.39, 0.29) is 12.5 Å². The summed E-state index contributed by atoms with van der Waals surface area (Å²) in [4.78, 5) is 20.2. The molecule has 0 saturated carbocycles. The molecule has 2 heterocycles. The van der Waals surface area contributed by atoms with Crippen LogP contribution in [0.25, 0.3) is 21.8 Å². The summed E-state index contributed by atoms with van der Waals surface area (Å²) >= 11 is 0. The van der Waals surface area contributed by atoms with Crippen LogP contribution < -0.4 is 14.4 Å². The second-order valence-electron chi connectivity index (χ2n) is 7.73. The Morgan fingerprint density at radius 2 is 1.58 bits per heavy atom. The summed E-state index contributed by atoms with van der Waals surface area (Å²) in [7, 11) is 1.67. The first-order valence-electron chi connectivity index (χ1n) is 10.5. The number of amides is 1. The Morgan fingerprint density at radius 1 is 0.871 bits per heavy atom. The molecule has 6 nitrogen and oxygen atoms in total. The first-order chi connectivity index (χ1) is 15.2. The number of benzene rings is 3. The number of rotatable bonds is 5. The van der Waals surface area contributed by atoms with Crippen LogP contribution in [0, 0.1) is 0 Å². The Morgan fingerprint density at radius 3 is 2.35 bits per heavy atom. The van der Waals surface area contributed by atoms with Gasteiger partial charge in [-0.05, 0) is 42.5 Å². The Kier molecular flexibility index (Phi) is 5.12. The van der Waals surface area contributed by atoms with Crippen LogP contribution in [0.5, 0.6) is 11.5 Å². The van der Waals surface area contributed by atoms with Crippen molar-refractivity contribution in [3.63, 3.8) is 0 Å². The molecule has 1 aliphatic rings. The largest absolute Gasteiger partial charge is 0.497 e. The zero-order valence-corrected chi connectivity index (χ0v) is 17.5. The zero-order chi connectivity index (χ0) is 21.2. The summed E-state index contributed by atoms with van der Waals surface area (Å²) in [5, 5.41) is 2.35. The lowest BCUT2D eigenvalue weighted by molar-refractivity contribution is -0.133. The molecule has 0 spiro atoms. The Labute approximate surface area is 181 Å². The number of piperazine rings is 1. The highest BCUT2D eigenvalue weighted by atomic mass is 16.5. The number of methoxy groups -OCH3 is 1. The fourth-order valence-corrected chi connectivity index (χ4v) is 4.17. The van der Waals surface area contributed by atoms with E-state index in [4.69, 9.17) is 9.47 Å². The molecule has 31 heavy (non-hydrogen) atoms. The number of carbonyl (C=O) groups is 1. The van der Waals surface area contributed by atoms with Gasteiger partial charge in [-0.1, -0.05) is 18.2 Å². The number of aromatic amines is 1. The van der Waals surface area contributed by atoms with Gasteiger partial charge in [-0.3, -0.25) is 4.79 Å². The number of fused-ring (bicyclic) bond motifs is 3. The van der Waals surface area contributed by atoms with E-state index in [1.165, 1.54) is 5.39 Å². The summed E-state index contributed by atoms with van der Waals surface area (Å²) in [6.45, 7) is 3.04. The number of para-hydroxylation sites is 1. The fourth-order valence-electron chi connectivity index (χ4n) is 4.17. The second-order valence-corrected chi connectivity index (χ2v) is 7.73. The average molecular weight is 415 g/mol. The molecule has 1 fully saturated rings. The first kappa shape index (κ1) is 19.3. The van der Waals surface area contributed by atoms with Crippen LogP contribution in [0.3, 0.4) is 0 Å². The summed E-state index contributed by atoms with van der Waals surface area (Å²) in [5.41, 5.74) is 3.26. The number of nitrogens with zero attached hydrogens (tertiary/aromatic N) is 2. The fraction of sp³-hybridized carbons (Fsp3) is 0.240. The molecule has 0 atom stereocenters. The highest BCUT2D eigenvalue weighted by Crippen LogP contribution is 2.28. The molecule has 4 aromatic rings. The van der Waals surface area contributed by atoms with Crippen molar-refractivity contribution in [2.24, 2.45) is 0 Å². The minimum atomic E-state index is 0.0196. The van der Waals surface area contributed by atoms with Gasteiger partial charge >= 0.3 is 0 Å². The van der Waals surface area contributed by atoms with E-state index in [0.717, 1.165) is 40.9 Å². The number of ether oxygens (including phenoxy) is 2. The molecular formula is C25H25N3O3. The third kappa shape index (κ3) is 3.89. The van der Waals surface area contributed by atoms with E-state index < -0.39 is 0 Å². The number of anilines is 1. The molecule has 6 heteroatoms. The Hall–Kier alpha value is -3.67. The summed E-state index contributed by atoms with van der Waals surface area (Å²) < 4.78 is 11.0. The van der Waals surface area contributed by atoms with Crippen molar-refractivity contribution in [2.75, 3.05) is 44.8 Å². The van der Waals surface area contributed by atoms with Crippen molar-refractivity contribution in [3.05, 3.63) is 66.7 Å². The molecule has 0 unspecified atom stereocenters. The number of nitrogens with one attached hydrogen (secondary N) is 1. The van der Waals surface area contributed by atoms with Gasteiger partial charge in [0.2, 0.25) is 0 Å². The molecule has 1 amide bonds. The van der Waals surface area contributed by atoms with Crippen LogP contribution in [0.15, 0.2) is 66.7 Å². The molecule has 1 aromatic heterocycles. The average Bonchev–Trinajstić information content (AvgIpc) is 3.20. The zero-order valence-electron chi connectivity index (χ0n) is 17.5. The van der Waals surface area contributed by atoms with Crippen LogP contribution >= 0.6 is 0 Å². The molecule has 0 bridgehead atoms. The quantitative estimate of drug-likeness (QED) is 0.534. The van der Waals surface area contributed by atoms with Gasteiger partial charge in [0.1, 0.15) is 11.5 Å². The third-order valence-corrected chi connectivity index (χ3v) is 5.91. The van der Waals surface area contributed by atoms with Crippen LogP contribution in [0.2, 0.25) is 0 Å². The number of aromatic nitrogens is 1. The van der Waals surface area contributed by atoms with E-state index >= 15 is 0 Å². The van der Waals surface area contributed by atoms with Gasteiger partial charge in [0, 0.05) is 54.2 Å². The van der Waals surface area contributed by atoms with Crippen LogP contribution in [-0.2, 0) is 4.79 Å². The lowest BCUT2D eigenvalue weighted by Gasteiger charge is -2.36. The van der Waals surface area contributed by atoms with Crippen LogP contribution in [0.4, 0.5) is 5.69 Å². The summed E-state index contributed by atoms with van der Waals surface area (Å²) in [6.07, 6.45) is 0. The maximum Gasteiger partial charge on any atom is 0.260 e. The van der Waals surface area contributed by atoms with Crippen molar-refractivity contribution >= 4 is 33.4 Å². The van der Waals surface area contributed by atoms with Crippen molar-refractivity contribution in [1.29, 1.82) is 0 Å². The minimum absolute atomic E-state index is 0.0196. The highest BCUT2D eigenvalue weighted by molar-refractivity contribution is 6.07. The predicted molar refractivity (Wildman–Crippen MR) is 123 cm³/mol. The molecular weight excluding hydrogens is 390 g/mol. The van der Waals surface area contributed by atoms with E-state index in [9.17, 15) is 4.79 Å². The Bertz CT molecular complexity index is 1210. The van der Waals surface area contributed by atoms with Crippen LogP contribution in [-0.4, -0.2) is 55.7 Å². The minimum Gasteiger partial charge on any atom is -0.497 e. The molecule has 1 aliphatic heterocycles.